The van der Waals surface area contributed by atoms with Gasteiger partial charge in [0.05, 0.1) is 34.6 Å². The van der Waals surface area contributed by atoms with Crippen molar-refractivity contribution >= 4 is 28.4 Å². The second-order valence-corrected chi connectivity index (χ2v) is 10.6. The third-order valence-corrected chi connectivity index (χ3v) is 7.80. The zero-order valence-electron chi connectivity index (χ0n) is 23.1. The number of H-pyrrole nitrogens is 1. The maximum atomic E-state index is 13.3. The summed E-state index contributed by atoms with van der Waals surface area (Å²) >= 11 is 0. The number of rotatable bonds is 7. The number of benzene rings is 1. The van der Waals surface area contributed by atoms with Gasteiger partial charge in [-0.3, -0.25) is 14.8 Å². The maximum absolute atomic E-state index is 13.3. The number of aromatic amines is 1. The van der Waals surface area contributed by atoms with Crippen LogP contribution in [0, 0.1) is 5.82 Å². The lowest BCUT2D eigenvalue weighted by Crippen LogP contribution is -2.42. The zero-order chi connectivity index (χ0) is 28.3. The summed E-state index contributed by atoms with van der Waals surface area (Å²) < 4.78 is 13.3. The molecule has 1 aromatic carbocycles. The number of carbonyl (C=O) groups excluding carboxylic acids is 1. The number of hydrogen-bond acceptors (Lipinski definition) is 6. The molecule has 41 heavy (non-hydrogen) atoms. The summed E-state index contributed by atoms with van der Waals surface area (Å²) in [7, 11) is 4.33. The first-order chi connectivity index (χ1) is 20.0. The Morgan fingerprint density at radius 2 is 1.80 bits per heavy atom. The van der Waals surface area contributed by atoms with E-state index in [1.165, 1.54) is 12.1 Å². The Hall–Kier alpha value is -4.63. The van der Waals surface area contributed by atoms with Gasteiger partial charge in [0.25, 0.3) is 0 Å². The largest absolute Gasteiger partial charge is 0.370 e. The van der Waals surface area contributed by atoms with Crippen molar-refractivity contribution in [2.45, 2.75) is 25.3 Å². The summed E-state index contributed by atoms with van der Waals surface area (Å²) in [6.07, 6.45) is 7.64. The minimum atomic E-state index is -0.333. The van der Waals surface area contributed by atoms with E-state index in [2.05, 4.69) is 50.2 Å². The first-order valence-electron chi connectivity index (χ1n) is 13.8. The topological polar surface area (TPSA) is 90.0 Å². The number of likely N-dealkylation sites (tertiary alicyclic amines) is 1. The van der Waals surface area contributed by atoms with Crippen LogP contribution in [0.15, 0.2) is 79.3 Å². The monoisotopic (exact) mass is 549 g/mol. The summed E-state index contributed by atoms with van der Waals surface area (Å²) in [4.78, 5) is 35.0. The Labute approximate surface area is 238 Å². The molecule has 1 aliphatic heterocycles. The van der Waals surface area contributed by atoms with E-state index in [0.29, 0.717) is 11.9 Å². The van der Waals surface area contributed by atoms with Crippen molar-refractivity contribution in [2.24, 2.45) is 0 Å². The van der Waals surface area contributed by atoms with Gasteiger partial charge in [-0.05, 0) is 81.0 Å². The number of anilines is 2. The molecule has 4 aromatic heterocycles. The molecule has 8 nitrogen and oxygen atoms in total. The molecule has 0 bridgehead atoms. The van der Waals surface area contributed by atoms with Gasteiger partial charge in [0, 0.05) is 37.2 Å². The van der Waals surface area contributed by atoms with E-state index in [1.54, 1.807) is 24.5 Å². The number of fused-ring (bicyclic) bond motifs is 1. The summed E-state index contributed by atoms with van der Waals surface area (Å²) in [6, 6.07) is 18.0. The summed E-state index contributed by atoms with van der Waals surface area (Å²) in [6.45, 7) is 2.15. The van der Waals surface area contributed by atoms with Gasteiger partial charge < -0.3 is 20.1 Å². The van der Waals surface area contributed by atoms with Gasteiger partial charge in [0.15, 0.2) is 0 Å². The number of amides is 1. The van der Waals surface area contributed by atoms with Crippen molar-refractivity contribution in [2.75, 3.05) is 37.4 Å². The van der Waals surface area contributed by atoms with Crippen molar-refractivity contribution in [3.8, 4) is 22.5 Å². The van der Waals surface area contributed by atoms with E-state index < -0.39 is 0 Å². The maximum Gasteiger partial charge on any atom is 0.229 e. The Bertz CT molecular complexity index is 1660. The number of nitrogens with zero attached hydrogens (tertiary/aromatic N) is 5. The van der Waals surface area contributed by atoms with Crippen LogP contribution in [0.2, 0.25) is 0 Å². The molecule has 9 heteroatoms. The van der Waals surface area contributed by atoms with E-state index in [1.807, 2.05) is 36.5 Å². The van der Waals surface area contributed by atoms with Gasteiger partial charge in [-0.1, -0.05) is 18.2 Å². The lowest BCUT2D eigenvalue weighted by Gasteiger charge is -2.36. The Morgan fingerprint density at radius 3 is 2.56 bits per heavy atom. The SMILES string of the molecule is CN1CCC(N(C)c2ccnc3c(-c4ccccn4)c(-c4ccnc(NC(=O)Cc5ccc(F)cc5)c4)[nH]c23)CC1. The summed E-state index contributed by atoms with van der Waals surface area (Å²) in [5.74, 6) is -0.135. The Morgan fingerprint density at radius 1 is 1.02 bits per heavy atom. The second kappa shape index (κ2) is 11.5. The average Bonchev–Trinajstić information content (AvgIpc) is 3.39. The molecule has 0 atom stereocenters. The second-order valence-electron chi connectivity index (χ2n) is 10.6. The number of pyridine rings is 3. The van der Waals surface area contributed by atoms with E-state index in [4.69, 9.17) is 4.98 Å². The number of halogens is 1. The first-order valence-corrected chi connectivity index (χ1v) is 13.8. The number of piperidine rings is 1. The summed E-state index contributed by atoms with van der Waals surface area (Å²) in [5, 5.41) is 2.88. The third-order valence-electron chi connectivity index (χ3n) is 7.80. The standard InChI is InChI=1S/C32H32FN7O/c1-39-17-12-24(13-18-39)40(2)26-11-16-36-32-29(25-5-3-4-14-34-25)30(38-31(26)32)22-10-15-35-27(20-22)37-28(41)19-21-6-8-23(33)9-7-21/h3-11,14-16,20,24,38H,12-13,17-19H2,1-2H3,(H,35,37,41). The zero-order valence-corrected chi connectivity index (χ0v) is 23.1. The highest BCUT2D eigenvalue weighted by atomic mass is 19.1. The normalized spacial score (nSPS) is 14.3. The molecular formula is C32H32FN7O. The van der Waals surface area contributed by atoms with E-state index in [9.17, 15) is 9.18 Å². The molecule has 2 N–H and O–H groups in total. The highest BCUT2D eigenvalue weighted by molar-refractivity contribution is 6.05. The fraction of sp³-hybridized carbons (Fsp3) is 0.250. The van der Waals surface area contributed by atoms with Crippen LogP contribution in [-0.2, 0) is 11.2 Å². The molecule has 5 aromatic rings. The molecule has 208 valence electrons. The van der Waals surface area contributed by atoms with E-state index >= 15 is 0 Å². The van der Waals surface area contributed by atoms with Crippen LogP contribution in [-0.4, -0.2) is 64.0 Å². The molecule has 5 heterocycles. The van der Waals surface area contributed by atoms with Crippen molar-refractivity contribution in [3.05, 3.63) is 90.6 Å². The van der Waals surface area contributed by atoms with Crippen molar-refractivity contribution in [3.63, 3.8) is 0 Å². The van der Waals surface area contributed by atoms with Crippen LogP contribution in [0.1, 0.15) is 18.4 Å². The molecule has 1 fully saturated rings. The molecule has 0 radical (unpaired) electrons. The highest BCUT2D eigenvalue weighted by Gasteiger charge is 2.25. The fourth-order valence-electron chi connectivity index (χ4n) is 5.55. The van der Waals surface area contributed by atoms with Crippen LogP contribution in [0.4, 0.5) is 15.9 Å². The molecule has 1 amide bonds. The number of hydrogen-bond donors (Lipinski definition) is 2. The number of aromatic nitrogens is 4. The molecule has 0 aliphatic carbocycles. The lowest BCUT2D eigenvalue weighted by molar-refractivity contribution is -0.115. The van der Waals surface area contributed by atoms with Crippen LogP contribution >= 0.6 is 0 Å². The molecule has 0 spiro atoms. The average molecular weight is 550 g/mol. The summed E-state index contributed by atoms with van der Waals surface area (Å²) in [5.41, 5.74) is 7.01. The molecule has 1 saturated heterocycles. The quantitative estimate of drug-likeness (QED) is 0.277. The van der Waals surface area contributed by atoms with Gasteiger partial charge in [0.1, 0.15) is 17.2 Å². The molecule has 1 aliphatic rings. The Balaban J connectivity index is 1.37. The molecule has 0 saturated carbocycles. The molecular weight excluding hydrogens is 517 g/mol. The number of carbonyl (C=O) groups is 1. The van der Waals surface area contributed by atoms with Crippen molar-refractivity contribution in [1.29, 1.82) is 0 Å². The smallest absolute Gasteiger partial charge is 0.229 e. The van der Waals surface area contributed by atoms with Gasteiger partial charge in [-0.15, -0.1) is 0 Å². The van der Waals surface area contributed by atoms with Gasteiger partial charge in [0.2, 0.25) is 5.91 Å². The predicted octanol–water partition coefficient (Wildman–Crippen LogP) is 5.54. The van der Waals surface area contributed by atoms with Crippen molar-refractivity contribution in [1.82, 2.24) is 24.8 Å². The van der Waals surface area contributed by atoms with Crippen LogP contribution in [0.5, 0.6) is 0 Å². The minimum absolute atomic E-state index is 0.119. The van der Waals surface area contributed by atoms with Crippen molar-refractivity contribution < 1.29 is 9.18 Å². The third kappa shape index (κ3) is 5.67. The number of nitrogens with one attached hydrogen (secondary N) is 2. The molecule has 6 rings (SSSR count). The van der Waals surface area contributed by atoms with Crippen LogP contribution < -0.4 is 10.2 Å². The van der Waals surface area contributed by atoms with Gasteiger partial charge in [-0.2, -0.15) is 0 Å². The van der Waals surface area contributed by atoms with Crippen LogP contribution in [0.3, 0.4) is 0 Å². The minimum Gasteiger partial charge on any atom is -0.370 e. The molecule has 0 unspecified atom stereocenters. The van der Waals surface area contributed by atoms with E-state index in [-0.39, 0.29) is 18.1 Å². The highest BCUT2D eigenvalue weighted by Crippen LogP contribution is 2.40. The lowest BCUT2D eigenvalue weighted by atomic mass is 10.0. The van der Waals surface area contributed by atoms with Gasteiger partial charge in [-0.25, -0.2) is 9.37 Å². The van der Waals surface area contributed by atoms with E-state index in [0.717, 1.165) is 70.7 Å². The van der Waals surface area contributed by atoms with Gasteiger partial charge >= 0.3 is 0 Å². The Kier molecular flexibility index (Phi) is 7.43. The predicted molar refractivity (Wildman–Crippen MR) is 160 cm³/mol. The van der Waals surface area contributed by atoms with Crippen LogP contribution in [0.25, 0.3) is 33.5 Å². The fourth-order valence-corrected chi connectivity index (χ4v) is 5.55. The first kappa shape index (κ1) is 26.6.